The lowest BCUT2D eigenvalue weighted by Crippen LogP contribution is -2.46. The molecule has 2 aromatic heterocycles. The van der Waals surface area contributed by atoms with Crippen molar-refractivity contribution in [2.75, 3.05) is 30.8 Å². The number of thioether (sulfide) groups is 1. The van der Waals surface area contributed by atoms with Gasteiger partial charge in [-0.1, -0.05) is 0 Å². The Morgan fingerprint density at radius 1 is 1.37 bits per heavy atom. The molecule has 19 heavy (non-hydrogen) atoms. The van der Waals surface area contributed by atoms with Gasteiger partial charge in [0.05, 0.1) is 6.20 Å². The SMILES string of the molecule is CSC1(CN)CCN(c2ccn3nccc3n2)CC1. The summed E-state index contributed by atoms with van der Waals surface area (Å²) in [7, 11) is 0. The molecule has 0 spiro atoms. The topological polar surface area (TPSA) is 59.5 Å². The molecule has 6 heteroatoms. The van der Waals surface area contributed by atoms with Crippen LogP contribution in [0.25, 0.3) is 5.65 Å². The maximum atomic E-state index is 5.93. The van der Waals surface area contributed by atoms with E-state index in [4.69, 9.17) is 5.73 Å². The highest BCUT2D eigenvalue weighted by Gasteiger charge is 2.32. The van der Waals surface area contributed by atoms with Gasteiger partial charge in [0.2, 0.25) is 0 Å². The third-order valence-corrected chi connectivity index (χ3v) is 5.49. The number of aromatic nitrogens is 3. The third-order valence-electron chi connectivity index (χ3n) is 4.05. The molecule has 0 aromatic carbocycles. The monoisotopic (exact) mass is 277 g/mol. The van der Waals surface area contributed by atoms with E-state index < -0.39 is 0 Å². The lowest BCUT2D eigenvalue weighted by Gasteiger charge is -2.40. The maximum absolute atomic E-state index is 5.93. The first kappa shape index (κ1) is 12.7. The first-order valence-corrected chi connectivity index (χ1v) is 7.79. The molecule has 0 unspecified atom stereocenters. The molecular weight excluding hydrogens is 258 g/mol. The Balaban J connectivity index is 1.77. The Hall–Kier alpha value is -1.27. The summed E-state index contributed by atoms with van der Waals surface area (Å²) in [4.78, 5) is 6.99. The van der Waals surface area contributed by atoms with Crippen molar-refractivity contribution < 1.29 is 0 Å². The van der Waals surface area contributed by atoms with E-state index in [0.29, 0.717) is 0 Å². The second kappa shape index (κ2) is 5.02. The van der Waals surface area contributed by atoms with Crippen molar-refractivity contribution >= 4 is 23.2 Å². The minimum Gasteiger partial charge on any atom is -0.356 e. The summed E-state index contributed by atoms with van der Waals surface area (Å²) in [5.41, 5.74) is 6.83. The van der Waals surface area contributed by atoms with E-state index >= 15 is 0 Å². The van der Waals surface area contributed by atoms with E-state index in [2.05, 4.69) is 21.2 Å². The Bertz CT molecular complexity index is 553. The Kier molecular flexibility index (Phi) is 3.36. The van der Waals surface area contributed by atoms with Gasteiger partial charge in [-0.25, -0.2) is 9.50 Å². The molecule has 0 amide bonds. The number of nitrogens with two attached hydrogens (primary N) is 1. The Morgan fingerprint density at radius 3 is 2.84 bits per heavy atom. The molecule has 1 fully saturated rings. The van der Waals surface area contributed by atoms with Gasteiger partial charge in [0.15, 0.2) is 5.65 Å². The van der Waals surface area contributed by atoms with Crippen LogP contribution in [0.1, 0.15) is 12.8 Å². The van der Waals surface area contributed by atoms with Crippen LogP contribution in [0.4, 0.5) is 5.82 Å². The van der Waals surface area contributed by atoms with E-state index in [0.717, 1.165) is 43.9 Å². The summed E-state index contributed by atoms with van der Waals surface area (Å²) >= 11 is 1.91. The number of anilines is 1. The highest BCUT2D eigenvalue weighted by Crippen LogP contribution is 2.34. The lowest BCUT2D eigenvalue weighted by atomic mass is 9.96. The number of fused-ring (bicyclic) bond motifs is 1. The molecule has 0 atom stereocenters. The van der Waals surface area contributed by atoms with Crippen molar-refractivity contribution in [3.8, 4) is 0 Å². The molecule has 0 aliphatic carbocycles. The average molecular weight is 277 g/mol. The fourth-order valence-corrected chi connectivity index (χ4v) is 3.37. The van der Waals surface area contributed by atoms with E-state index in [-0.39, 0.29) is 4.75 Å². The molecule has 2 N–H and O–H groups in total. The van der Waals surface area contributed by atoms with Gasteiger partial charge in [-0.3, -0.25) is 0 Å². The van der Waals surface area contributed by atoms with Gasteiger partial charge in [-0.15, -0.1) is 0 Å². The fourth-order valence-electron chi connectivity index (χ4n) is 2.61. The zero-order valence-corrected chi connectivity index (χ0v) is 11.9. The first-order chi connectivity index (χ1) is 9.26. The molecule has 102 valence electrons. The van der Waals surface area contributed by atoms with Crippen molar-refractivity contribution in [2.45, 2.75) is 17.6 Å². The predicted molar refractivity (Wildman–Crippen MR) is 79.7 cm³/mol. The summed E-state index contributed by atoms with van der Waals surface area (Å²) < 4.78 is 2.05. The number of nitrogens with zero attached hydrogens (tertiary/aromatic N) is 4. The second-order valence-corrected chi connectivity index (χ2v) is 6.27. The molecule has 0 saturated carbocycles. The normalized spacial score (nSPS) is 18.9. The smallest absolute Gasteiger partial charge is 0.157 e. The summed E-state index contributed by atoms with van der Waals surface area (Å²) in [6.07, 6.45) is 8.15. The predicted octanol–water partition coefficient (Wildman–Crippen LogP) is 1.39. The van der Waals surface area contributed by atoms with E-state index in [1.54, 1.807) is 10.7 Å². The van der Waals surface area contributed by atoms with E-state index in [1.165, 1.54) is 0 Å². The molecule has 3 rings (SSSR count). The van der Waals surface area contributed by atoms with Crippen LogP contribution in [0.2, 0.25) is 0 Å². The van der Waals surface area contributed by atoms with Crippen LogP contribution in [-0.2, 0) is 0 Å². The first-order valence-electron chi connectivity index (χ1n) is 6.57. The van der Waals surface area contributed by atoms with Crippen molar-refractivity contribution in [3.05, 3.63) is 24.5 Å². The fraction of sp³-hybridized carbons (Fsp3) is 0.538. The number of hydrogen-bond acceptors (Lipinski definition) is 5. The van der Waals surface area contributed by atoms with Crippen molar-refractivity contribution in [1.82, 2.24) is 14.6 Å². The van der Waals surface area contributed by atoms with Crippen LogP contribution in [-0.4, -0.2) is 45.2 Å². The lowest BCUT2D eigenvalue weighted by molar-refractivity contribution is 0.455. The van der Waals surface area contributed by atoms with Gasteiger partial charge in [0, 0.05) is 36.6 Å². The highest BCUT2D eigenvalue weighted by molar-refractivity contribution is 8.00. The summed E-state index contributed by atoms with van der Waals surface area (Å²) in [5.74, 6) is 1.04. The van der Waals surface area contributed by atoms with Crippen molar-refractivity contribution in [3.63, 3.8) is 0 Å². The van der Waals surface area contributed by atoms with Crippen LogP contribution in [0.15, 0.2) is 24.5 Å². The Morgan fingerprint density at radius 2 is 2.16 bits per heavy atom. The van der Waals surface area contributed by atoms with Gasteiger partial charge >= 0.3 is 0 Å². The number of piperidine rings is 1. The summed E-state index contributed by atoms with van der Waals surface area (Å²) in [5, 5.41) is 4.17. The minimum atomic E-state index is 0.261. The molecular formula is C13H19N5S. The molecule has 0 radical (unpaired) electrons. The summed E-state index contributed by atoms with van der Waals surface area (Å²) in [6, 6.07) is 3.97. The standard InChI is InChI=1S/C13H19N5S/c1-19-13(10-14)4-8-17(9-5-13)11-3-7-18-12(16-11)2-6-15-18/h2-3,6-7H,4-5,8-10,14H2,1H3. The van der Waals surface area contributed by atoms with Gasteiger partial charge < -0.3 is 10.6 Å². The van der Waals surface area contributed by atoms with Gasteiger partial charge in [-0.2, -0.15) is 16.9 Å². The van der Waals surface area contributed by atoms with Crippen LogP contribution in [0.5, 0.6) is 0 Å². The maximum Gasteiger partial charge on any atom is 0.157 e. The zero-order valence-electron chi connectivity index (χ0n) is 11.1. The van der Waals surface area contributed by atoms with Gasteiger partial charge in [0.25, 0.3) is 0 Å². The third kappa shape index (κ3) is 2.30. The Labute approximate surface area is 117 Å². The quantitative estimate of drug-likeness (QED) is 0.918. The molecule has 0 bridgehead atoms. The average Bonchev–Trinajstić information content (AvgIpc) is 2.95. The van der Waals surface area contributed by atoms with Gasteiger partial charge in [-0.05, 0) is 25.2 Å². The molecule has 1 aliphatic rings. The van der Waals surface area contributed by atoms with Crippen molar-refractivity contribution in [1.29, 1.82) is 0 Å². The van der Waals surface area contributed by atoms with E-state index in [9.17, 15) is 0 Å². The van der Waals surface area contributed by atoms with Crippen LogP contribution >= 0.6 is 11.8 Å². The minimum absolute atomic E-state index is 0.261. The number of hydrogen-bond donors (Lipinski definition) is 1. The molecule has 5 nitrogen and oxygen atoms in total. The largest absolute Gasteiger partial charge is 0.356 e. The number of rotatable bonds is 3. The zero-order chi connectivity index (χ0) is 13.3. The highest BCUT2D eigenvalue weighted by atomic mass is 32.2. The second-order valence-electron chi connectivity index (χ2n) is 5.00. The van der Waals surface area contributed by atoms with Crippen molar-refractivity contribution in [2.24, 2.45) is 5.73 Å². The molecule has 1 saturated heterocycles. The van der Waals surface area contributed by atoms with Crippen LogP contribution in [0, 0.1) is 0 Å². The molecule has 2 aromatic rings. The van der Waals surface area contributed by atoms with Crippen LogP contribution in [0.3, 0.4) is 0 Å². The molecule has 1 aliphatic heterocycles. The van der Waals surface area contributed by atoms with Crippen LogP contribution < -0.4 is 10.6 Å². The van der Waals surface area contributed by atoms with Gasteiger partial charge in [0.1, 0.15) is 5.82 Å². The summed E-state index contributed by atoms with van der Waals surface area (Å²) in [6.45, 7) is 2.81. The van der Waals surface area contributed by atoms with E-state index in [1.807, 2.05) is 30.1 Å². The molecule has 3 heterocycles.